The lowest BCUT2D eigenvalue weighted by Gasteiger charge is -2.31. The van der Waals surface area contributed by atoms with Gasteiger partial charge in [0.1, 0.15) is 11.4 Å². The van der Waals surface area contributed by atoms with Gasteiger partial charge in [-0.3, -0.25) is 24.4 Å². The number of nitrogens with one attached hydrogen (secondary N) is 4. The lowest BCUT2D eigenvalue weighted by molar-refractivity contribution is -0.130. The van der Waals surface area contributed by atoms with E-state index in [4.69, 9.17) is 27.9 Å². The number of hydrogen-bond donors (Lipinski definition) is 4. The molecule has 6 rings (SSSR count). The molecule has 2 fully saturated rings. The van der Waals surface area contributed by atoms with Gasteiger partial charge in [-0.25, -0.2) is 0 Å². The molecule has 3 amide bonds. The molecule has 2 aliphatic rings. The zero-order valence-electron chi connectivity index (χ0n) is 28.6. The zero-order chi connectivity index (χ0) is 35.9. The van der Waals surface area contributed by atoms with Crippen molar-refractivity contribution >= 4 is 46.6 Å². The van der Waals surface area contributed by atoms with Gasteiger partial charge in [-0.15, -0.1) is 0 Å². The molecule has 13 heteroatoms. The highest BCUT2D eigenvalue weighted by molar-refractivity contribution is 6.39. The number of pyridine rings is 2. The molecule has 51 heavy (non-hydrogen) atoms. The number of hydrogen-bond acceptors (Lipinski definition) is 8. The smallest absolute Gasteiger partial charge is 0.274 e. The van der Waals surface area contributed by atoms with Gasteiger partial charge >= 0.3 is 0 Å². The van der Waals surface area contributed by atoms with Crippen LogP contribution in [0.1, 0.15) is 54.2 Å². The van der Waals surface area contributed by atoms with E-state index < -0.39 is 0 Å². The second-order valence-corrected chi connectivity index (χ2v) is 13.6. The first-order valence-corrected chi connectivity index (χ1v) is 17.8. The Morgan fingerprint density at radius 1 is 0.980 bits per heavy atom. The van der Waals surface area contributed by atoms with Crippen LogP contribution in [-0.4, -0.2) is 71.4 Å². The normalized spacial score (nSPS) is 16.2. The standard InChI is InChI=1S/C38H41Cl2N7O4/c1-23(48)47-16-13-27(14-17-47)43-19-24-6-10-32(44-20-24)38(50)46-31-5-3-4-29(35(31)39)30-12-15-42-37(36(30)40)25-7-8-26(33(18-25)51-2)21-41-22-28-9-11-34(49)45-28/h3-8,10,12,15,18,20,27-28,41,43H,9,11,13-14,16-17,19,21-22H2,1-2H3,(H,45,49)(H,46,50)/t28-/m0/s1. The van der Waals surface area contributed by atoms with Gasteiger partial charge in [-0.1, -0.05) is 53.5 Å². The van der Waals surface area contributed by atoms with E-state index >= 15 is 0 Å². The molecule has 2 aromatic carbocycles. The second kappa shape index (κ2) is 16.6. The summed E-state index contributed by atoms with van der Waals surface area (Å²) >= 11 is 13.9. The van der Waals surface area contributed by atoms with Crippen LogP contribution in [-0.2, 0) is 22.7 Å². The van der Waals surface area contributed by atoms with E-state index in [0.29, 0.717) is 70.4 Å². The Morgan fingerprint density at radius 2 is 1.78 bits per heavy atom. The predicted octanol–water partition coefficient (Wildman–Crippen LogP) is 5.85. The fourth-order valence-electron chi connectivity index (χ4n) is 6.45. The van der Waals surface area contributed by atoms with Gasteiger partial charge in [0.25, 0.3) is 5.91 Å². The van der Waals surface area contributed by atoms with Crippen LogP contribution in [0.5, 0.6) is 5.75 Å². The van der Waals surface area contributed by atoms with Crippen LogP contribution in [0.4, 0.5) is 5.69 Å². The van der Waals surface area contributed by atoms with E-state index in [9.17, 15) is 14.4 Å². The molecule has 4 N–H and O–H groups in total. The SMILES string of the molecule is COc1cc(-c2nccc(-c3cccc(NC(=O)c4ccc(CNC5CCN(C(C)=O)CC5)cn4)c3Cl)c2Cl)ccc1CNC[C@@H]1CCC(=O)N1. The summed E-state index contributed by atoms with van der Waals surface area (Å²) in [6.45, 7) is 5.00. The maximum atomic E-state index is 13.2. The first-order chi connectivity index (χ1) is 24.7. The molecule has 4 heterocycles. The van der Waals surface area contributed by atoms with Crippen molar-refractivity contribution in [1.29, 1.82) is 0 Å². The summed E-state index contributed by atoms with van der Waals surface area (Å²) in [5.74, 6) is 0.510. The number of benzene rings is 2. The summed E-state index contributed by atoms with van der Waals surface area (Å²) in [5.41, 5.74) is 5.24. The van der Waals surface area contributed by atoms with Gasteiger partial charge in [0.2, 0.25) is 11.8 Å². The van der Waals surface area contributed by atoms with E-state index in [0.717, 1.165) is 49.0 Å². The summed E-state index contributed by atoms with van der Waals surface area (Å²) in [7, 11) is 1.62. The third-order valence-electron chi connectivity index (χ3n) is 9.37. The van der Waals surface area contributed by atoms with Gasteiger partial charge in [0.05, 0.1) is 28.5 Å². The van der Waals surface area contributed by atoms with Crippen LogP contribution in [0.3, 0.4) is 0 Å². The number of rotatable bonds is 12. The Balaban J connectivity index is 1.10. The van der Waals surface area contributed by atoms with Crippen LogP contribution in [0.25, 0.3) is 22.4 Å². The molecule has 0 saturated carbocycles. The maximum Gasteiger partial charge on any atom is 0.274 e. The Morgan fingerprint density at radius 3 is 2.49 bits per heavy atom. The minimum atomic E-state index is -0.388. The molecular weight excluding hydrogens is 689 g/mol. The number of anilines is 1. The molecule has 266 valence electrons. The van der Waals surface area contributed by atoms with E-state index in [1.165, 1.54) is 0 Å². The molecular formula is C38H41Cl2N7O4. The largest absolute Gasteiger partial charge is 0.496 e. The predicted molar refractivity (Wildman–Crippen MR) is 199 cm³/mol. The second-order valence-electron chi connectivity index (χ2n) is 12.8. The van der Waals surface area contributed by atoms with E-state index in [2.05, 4.69) is 31.2 Å². The van der Waals surface area contributed by atoms with Crippen LogP contribution < -0.4 is 26.0 Å². The maximum absolute atomic E-state index is 13.2. The number of amides is 3. The van der Waals surface area contributed by atoms with Crippen molar-refractivity contribution in [2.45, 2.75) is 57.8 Å². The molecule has 0 unspecified atom stereocenters. The average molecular weight is 731 g/mol. The highest BCUT2D eigenvalue weighted by Crippen LogP contribution is 2.41. The van der Waals surface area contributed by atoms with Crippen LogP contribution in [0.2, 0.25) is 10.0 Å². The van der Waals surface area contributed by atoms with Crippen molar-refractivity contribution < 1.29 is 19.1 Å². The van der Waals surface area contributed by atoms with E-state index in [1.54, 1.807) is 50.7 Å². The minimum Gasteiger partial charge on any atom is -0.496 e. The topological polar surface area (TPSA) is 138 Å². The number of piperidine rings is 1. The van der Waals surface area contributed by atoms with Crippen molar-refractivity contribution in [2.75, 3.05) is 32.1 Å². The first kappa shape index (κ1) is 36.2. The minimum absolute atomic E-state index is 0.0939. The third-order valence-corrected chi connectivity index (χ3v) is 10.2. The molecule has 2 aliphatic heterocycles. The quantitative estimate of drug-likeness (QED) is 0.143. The number of halogens is 2. The molecule has 0 spiro atoms. The monoisotopic (exact) mass is 729 g/mol. The van der Waals surface area contributed by atoms with Crippen molar-refractivity contribution in [3.8, 4) is 28.1 Å². The molecule has 0 radical (unpaired) electrons. The highest BCUT2D eigenvalue weighted by Gasteiger charge is 2.22. The highest BCUT2D eigenvalue weighted by atomic mass is 35.5. The molecule has 1 atom stereocenters. The van der Waals surface area contributed by atoms with Crippen molar-refractivity contribution in [3.05, 3.63) is 93.9 Å². The van der Waals surface area contributed by atoms with Crippen molar-refractivity contribution in [3.63, 3.8) is 0 Å². The molecule has 11 nitrogen and oxygen atoms in total. The molecule has 2 aromatic heterocycles. The summed E-state index contributed by atoms with van der Waals surface area (Å²) in [6, 6.07) is 17.0. The molecule has 4 aromatic rings. The van der Waals surface area contributed by atoms with Crippen molar-refractivity contribution in [1.82, 2.24) is 30.8 Å². The average Bonchev–Trinajstić information content (AvgIpc) is 3.56. The molecule has 0 aliphatic carbocycles. The number of nitrogens with zero attached hydrogens (tertiary/aromatic N) is 3. The Labute approximate surface area is 307 Å². The number of aromatic nitrogens is 2. The van der Waals surface area contributed by atoms with Crippen LogP contribution >= 0.6 is 23.2 Å². The van der Waals surface area contributed by atoms with Crippen LogP contribution in [0, 0.1) is 0 Å². The lowest BCUT2D eigenvalue weighted by atomic mass is 10.0. The number of ether oxygens (including phenoxy) is 1. The summed E-state index contributed by atoms with van der Waals surface area (Å²) in [5, 5.41) is 13.5. The Hall–Kier alpha value is -4.55. The number of methoxy groups -OCH3 is 1. The summed E-state index contributed by atoms with van der Waals surface area (Å²) in [4.78, 5) is 47.1. The molecule has 2 saturated heterocycles. The lowest BCUT2D eigenvalue weighted by Crippen LogP contribution is -2.43. The fourth-order valence-corrected chi connectivity index (χ4v) is 7.05. The van der Waals surface area contributed by atoms with Gasteiger partial charge in [-0.05, 0) is 49.1 Å². The van der Waals surface area contributed by atoms with Gasteiger partial charge < -0.3 is 30.9 Å². The van der Waals surface area contributed by atoms with Gasteiger partial charge in [0, 0.05) is 92.8 Å². The first-order valence-electron chi connectivity index (χ1n) is 17.1. The van der Waals surface area contributed by atoms with Gasteiger partial charge in [0.15, 0.2) is 0 Å². The fraction of sp³-hybridized carbons (Fsp3) is 0.342. The Bertz CT molecular complexity index is 1900. The van der Waals surface area contributed by atoms with E-state index in [1.807, 2.05) is 35.2 Å². The van der Waals surface area contributed by atoms with Crippen molar-refractivity contribution in [2.24, 2.45) is 0 Å². The zero-order valence-corrected chi connectivity index (χ0v) is 30.1. The van der Waals surface area contributed by atoms with E-state index in [-0.39, 0.29) is 29.5 Å². The van der Waals surface area contributed by atoms with Crippen LogP contribution in [0.15, 0.2) is 67.0 Å². The number of carbonyl (C=O) groups excluding carboxylic acids is 3. The summed E-state index contributed by atoms with van der Waals surface area (Å²) < 4.78 is 5.70. The summed E-state index contributed by atoms with van der Waals surface area (Å²) in [6.07, 6.45) is 6.58. The van der Waals surface area contributed by atoms with Gasteiger partial charge in [-0.2, -0.15) is 0 Å². The Kier molecular flexibility index (Phi) is 11.8. The number of likely N-dealkylation sites (tertiary alicyclic amines) is 1. The third kappa shape index (κ3) is 8.85. The number of carbonyl (C=O) groups is 3. The molecule has 0 bridgehead atoms.